The normalized spacial score (nSPS) is 20.3. The molecule has 0 bridgehead atoms. The monoisotopic (exact) mass is 595 g/mol. The molecule has 0 radical (unpaired) electrons. The molecule has 3 aromatic carbocycles. The van der Waals surface area contributed by atoms with E-state index in [1.807, 2.05) is 48.5 Å². The molecule has 39 heavy (non-hydrogen) atoms. The summed E-state index contributed by atoms with van der Waals surface area (Å²) in [5, 5.41) is 3.12. The zero-order chi connectivity index (χ0) is 27.3. The average Bonchev–Trinajstić information content (AvgIpc) is 3.35. The standard InChI is InChI=1S/C33H41NO4Se/c1-3-13-28(34-33(35)37-24-27-16-9-5-10-17-27)20-29-21-31(39-30-18-11-6-12-19-30)32(38-29)25(2)22-36-23-26-14-7-4-8-15-26/h4-12,14-19,25,28-29,31-32H,3,13,20-24H2,1-2H3,(H,34,35)/t25-,28+,29+,31-,32-/m0/s1. The van der Waals surface area contributed by atoms with E-state index in [4.69, 9.17) is 14.2 Å². The Labute approximate surface area is 239 Å². The first-order valence-electron chi connectivity index (χ1n) is 14.1. The number of rotatable bonds is 14. The molecule has 0 spiro atoms. The fourth-order valence-electron chi connectivity index (χ4n) is 5.08. The van der Waals surface area contributed by atoms with Crippen molar-refractivity contribution in [3.8, 4) is 0 Å². The molecule has 4 rings (SSSR count). The molecule has 6 heteroatoms. The van der Waals surface area contributed by atoms with Crippen LogP contribution in [0.5, 0.6) is 0 Å². The van der Waals surface area contributed by atoms with Crippen molar-refractivity contribution in [2.75, 3.05) is 6.61 Å². The third-order valence-electron chi connectivity index (χ3n) is 7.01. The van der Waals surface area contributed by atoms with E-state index in [0.717, 1.165) is 31.2 Å². The Morgan fingerprint density at radius 3 is 2.21 bits per heavy atom. The van der Waals surface area contributed by atoms with Crippen molar-refractivity contribution in [1.82, 2.24) is 5.32 Å². The van der Waals surface area contributed by atoms with Gasteiger partial charge in [-0.3, -0.25) is 0 Å². The summed E-state index contributed by atoms with van der Waals surface area (Å²) in [6, 6.07) is 30.9. The van der Waals surface area contributed by atoms with E-state index < -0.39 is 0 Å². The number of nitrogens with one attached hydrogen (secondary N) is 1. The van der Waals surface area contributed by atoms with Crippen molar-refractivity contribution in [2.45, 2.75) is 75.8 Å². The maximum absolute atomic E-state index is 12.6. The van der Waals surface area contributed by atoms with Gasteiger partial charge in [-0.15, -0.1) is 0 Å². The van der Waals surface area contributed by atoms with Crippen molar-refractivity contribution in [3.63, 3.8) is 0 Å². The number of carbonyl (C=O) groups excluding carboxylic acids is 1. The summed E-state index contributed by atoms with van der Waals surface area (Å²) in [7, 11) is 0. The Morgan fingerprint density at radius 2 is 1.56 bits per heavy atom. The zero-order valence-corrected chi connectivity index (χ0v) is 24.8. The predicted octanol–water partition coefficient (Wildman–Crippen LogP) is 6.30. The van der Waals surface area contributed by atoms with Gasteiger partial charge in [-0.2, -0.15) is 0 Å². The van der Waals surface area contributed by atoms with Gasteiger partial charge in [-0.05, 0) is 0 Å². The van der Waals surface area contributed by atoms with Gasteiger partial charge in [0.2, 0.25) is 0 Å². The first kappa shape index (κ1) is 29.4. The molecule has 1 fully saturated rings. The summed E-state index contributed by atoms with van der Waals surface area (Å²) in [4.78, 5) is 13.1. The second-order valence-electron chi connectivity index (χ2n) is 10.3. The molecular weight excluding hydrogens is 553 g/mol. The molecule has 1 aliphatic heterocycles. The molecule has 3 aromatic rings. The summed E-state index contributed by atoms with van der Waals surface area (Å²) in [5.41, 5.74) is 2.17. The summed E-state index contributed by atoms with van der Waals surface area (Å²) in [6.07, 6.45) is 3.56. The predicted molar refractivity (Wildman–Crippen MR) is 157 cm³/mol. The molecule has 0 unspecified atom stereocenters. The van der Waals surface area contributed by atoms with Crippen LogP contribution in [-0.4, -0.2) is 45.9 Å². The molecule has 0 saturated carbocycles. The van der Waals surface area contributed by atoms with Crippen LogP contribution in [0.15, 0.2) is 91.0 Å². The minimum absolute atomic E-state index is 0.0246. The fraction of sp³-hybridized carbons (Fsp3) is 0.424. The Bertz CT molecular complexity index is 1100. The van der Waals surface area contributed by atoms with Gasteiger partial charge in [0, 0.05) is 0 Å². The molecule has 1 aliphatic rings. The van der Waals surface area contributed by atoms with E-state index in [9.17, 15) is 4.79 Å². The number of carbonyl (C=O) groups is 1. The van der Waals surface area contributed by atoms with E-state index in [-0.39, 0.29) is 36.9 Å². The summed E-state index contributed by atoms with van der Waals surface area (Å²) < 4.78 is 19.8. The van der Waals surface area contributed by atoms with Crippen molar-refractivity contribution in [1.29, 1.82) is 0 Å². The molecule has 1 heterocycles. The Balaban J connectivity index is 1.34. The van der Waals surface area contributed by atoms with Gasteiger partial charge in [-0.1, -0.05) is 6.07 Å². The van der Waals surface area contributed by atoms with E-state index in [0.29, 0.717) is 33.0 Å². The maximum atomic E-state index is 12.6. The Kier molecular flexibility index (Phi) is 11.9. The van der Waals surface area contributed by atoms with Crippen molar-refractivity contribution >= 4 is 25.5 Å². The SMILES string of the molecule is CCC[C@H](C[C@@H]1C[C@H]([Se]c2ccccc2)[C@H]([C@@H](C)COCc2ccccc2)O1)NC(=O)OCc1ccccc1. The number of hydrogen-bond acceptors (Lipinski definition) is 4. The minimum atomic E-state index is -0.361. The van der Waals surface area contributed by atoms with Gasteiger partial charge in [0.15, 0.2) is 0 Å². The van der Waals surface area contributed by atoms with Gasteiger partial charge in [0.25, 0.3) is 0 Å². The molecule has 1 amide bonds. The summed E-state index contributed by atoms with van der Waals surface area (Å²) >= 11 is 0.302. The van der Waals surface area contributed by atoms with Crippen LogP contribution in [0, 0.1) is 5.92 Å². The van der Waals surface area contributed by atoms with Crippen LogP contribution >= 0.6 is 0 Å². The number of ether oxygens (including phenoxy) is 3. The molecule has 1 saturated heterocycles. The molecule has 5 nitrogen and oxygen atoms in total. The third-order valence-corrected chi connectivity index (χ3v) is 9.76. The number of amides is 1. The number of hydrogen-bond donors (Lipinski definition) is 1. The zero-order valence-electron chi connectivity index (χ0n) is 23.0. The van der Waals surface area contributed by atoms with Crippen molar-refractivity contribution < 1.29 is 19.0 Å². The fourth-order valence-corrected chi connectivity index (χ4v) is 8.10. The van der Waals surface area contributed by atoms with Crippen LogP contribution in [0.1, 0.15) is 50.7 Å². The van der Waals surface area contributed by atoms with Crippen molar-refractivity contribution in [2.24, 2.45) is 5.92 Å². The second kappa shape index (κ2) is 15.8. The Morgan fingerprint density at radius 1 is 0.949 bits per heavy atom. The first-order valence-corrected chi connectivity index (χ1v) is 15.9. The number of benzene rings is 3. The van der Waals surface area contributed by atoms with Crippen molar-refractivity contribution in [3.05, 3.63) is 102 Å². The summed E-state index contributed by atoms with van der Waals surface area (Å²) in [6.45, 7) is 5.94. The van der Waals surface area contributed by atoms with E-state index >= 15 is 0 Å². The average molecular weight is 595 g/mol. The van der Waals surface area contributed by atoms with Gasteiger partial charge >= 0.3 is 234 Å². The van der Waals surface area contributed by atoms with Gasteiger partial charge < -0.3 is 0 Å². The molecular formula is C33H41NO4Se. The van der Waals surface area contributed by atoms with Gasteiger partial charge in [0.1, 0.15) is 0 Å². The van der Waals surface area contributed by atoms with Crippen LogP contribution in [-0.2, 0) is 27.4 Å². The van der Waals surface area contributed by atoms with Crippen LogP contribution in [0.25, 0.3) is 0 Å². The van der Waals surface area contributed by atoms with E-state index in [1.165, 1.54) is 10.0 Å². The van der Waals surface area contributed by atoms with Gasteiger partial charge in [-0.25, -0.2) is 0 Å². The molecule has 0 aromatic heterocycles. The quantitative estimate of drug-likeness (QED) is 0.223. The molecule has 5 atom stereocenters. The van der Waals surface area contributed by atoms with E-state index in [1.54, 1.807) is 0 Å². The topological polar surface area (TPSA) is 56.8 Å². The number of alkyl carbamates (subject to hydrolysis) is 1. The van der Waals surface area contributed by atoms with E-state index in [2.05, 4.69) is 61.6 Å². The Hall–Kier alpha value is -2.63. The van der Waals surface area contributed by atoms with Crippen LogP contribution in [0.3, 0.4) is 0 Å². The molecule has 0 aliphatic carbocycles. The first-order chi connectivity index (χ1) is 19.1. The van der Waals surface area contributed by atoms with Crippen LogP contribution < -0.4 is 9.78 Å². The molecule has 1 N–H and O–H groups in total. The van der Waals surface area contributed by atoms with Gasteiger partial charge in [0.05, 0.1) is 0 Å². The van der Waals surface area contributed by atoms with Crippen LogP contribution in [0.4, 0.5) is 4.79 Å². The molecule has 208 valence electrons. The third kappa shape index (κ3) is 9.81. The second-order valence-corrected chi connectivity index (χ2v) is 13.1. The van der Waals surface area contributed by atoms with Crippen LogP contribution in [0.2, 0.25) is 4.82 Å². The summed E-state index contributed by atoms with van der Waals surface area (Å²) in [5.74, 6) is 0.280.